The van der Waals surface area contributed by atoms with Crippen LogP contribution in [0.1, 0.15) is 56.2 Å². The second-order valence-electron chi connectivity index (χ2n) is 7.13. The van der Waals surface area contributed by atoms with Gasteiger partial charge in [-0.15, -0.1) is 0 Å². The van der Waals surface area contributed by atoms with Crippen molar-refractivity contribution in [2.75, 3.05) is 0 Å². The van der Waals surface area contributed by atoms with Crippen LogP contribution >= 0.6 is 11.6 Å². The fourth-order valence-corrected chi connectivity index (χ4v) is 2.99. The summed E-state index contributed by atoms with van der Waals surface area (Å²) < 4.78 is 5.29. The van der Waals surface area contributed by atoms with Crippen LogP contribution in [-0.4, -0.2) is 16.0 Å². The molecule has 5 nitrogen and oxygen atoms in total. The van der Waals surface area contributed by atoms with E-state index >= 15 is 0 Å². The van der Waals surface area contributed by atoms with Gasteiger partial charge >= 0.3 is 0 Å². The van der Waals surface area contributed by atoms with Crippen molar-refractivity contribution >= 4 is 17.5 Å². The number of halogens is 1. The first-order valence-corrected chi connectivity index (χ1v) is 9.78. The number of hydrogen-bond donors (Lipinski definition) is 1. The van der Waals surface area contributed by atoms with Gasteiger partial charge in [-0.2, -0.15) is 4.98 Å². The number of carbonyl (C=O) groups excluding carboxylic acids is 1. The van der Waals surface area contributed by atoms with Crippen molar-refractivity contribution in [3.8, 4) is 11.4 Å². The van der Waals surface area contributed by atoms with Crippen molar-refractivity contribution in [2.24, 2.45) is 0 Å². The van der Waals surface area contributed by atoms with E-state index in [4.69, 9.17) is 16.1 Å². The summed E-state index contributed by atoms with van der Waals surface area (Å²) in [7, 11) is 0. The van der Waals surface area contributed by atoms with Crippen LogP contribution in [0.3, 0.4) is 0 Å². The first-order chi connectivity index (χ1) is 13.4. The van der Waals surface area contributed by atoms with E-state index in [9.17, 15) is 4.79 Å². The van der Waals surface area contributed by atoms with E-state index in [0.29, 0.717) is 29.1 Å². The van der Waals surface area contributed by atoms with Crippen molar-refractivity contribution < 1.29 is 9.32 Å². The molecule has 0 radical (unpaired) electrons. The maximum atomic E-state index is 12.2. The number of carbonyl (C=O) groups is 1. The Morgan fingerprint density at radius 2 is 1.68 bits per heavy atom. The number of hydrogen-bond acceptors (Lipinski definition) is 4. The third-order valence-electron chi connectivity index (χ3n) is 4.62. The van der Waals surface area contributed by atoms with Crippen LogP contribution < -0.4 is 5.32 Å². The minimum absolute atomic E-state index is 0.0662. The van der Waals surface area contributed by atoms with E-state index in [-0.39, 0.29) is 18.4 Å². The lowest BCUT2D eigenvalue weighted by molar-refractivity contribution is -0.121. The molecular weight excluding hydrogens is 374 g/mol. The smallest absolute Gasteiger partial charge is 0.227 e. The van der Waals surface area contributed by atoms with Crippen LogP contribution in [-0.2, 0) is 11.2 Å². The predicted octanol–water partition coefficient (Wildman–Crippen LogP) is 5.32. The highest BCUT2D eigenvalue weighted by Gasteiger charge is 2.13. The molecule has 6 heteroatoms. The molecule has 1 heterocycles. The summed E-state index contributed by atoms with van der Waals surface area (Å²) in [6, 6.07) is 15.5. The average molecular weight is 398 g/mol. The molecule has 0 aliphatic carbocycles. The third kappa shape index (κ3) is 5.20. The van der Waals surface area contributed by atoms with Crippen LogP contribution in [0.15, 0.2) is 53.1 Å². The van der Waals surface area contributed by atoms with E-state index in [0.717, 1.165) is 11.1 Å². The van der Waals surface area contributed by atoms with Gasteiger partial charge in [0.1, 0.15) is 0 Å². The van der Waals surface area contributed by atoms with Gasteiger partial charge in [0, 0.05) is 23.4 Å². The molecule has 0 saturated carbocycles. The molecule has 3 rings (SSSR count). The third-order valence-corrected chi connectivity index (χ3v) is 4.87. The molecule has 3 aromatic rings. The lowest BCUT2D eigenvalue weighted by Gasteiger charge is -2.14. The fourth-order valence-electron chi connectivity index (χ4n) is 2.86. The molecule has 0 unspecified atom stereocenters. The van der Waals surface area contributed by atoms with Gasteiger partial charge in [0.15, 0.2) is 0 Å². The summed E-state index contributed by atoms with van der Waals surface area (Å²) in [6.45, 7) is 6.24. The number of benzene rings is 2. The summed E-state index contributed by atoms with van der Waals surface area (Å²) in [4.78, 5) is 16.6. The normalized spacial score (nSPS) is 12.2. The molecule has 1 N–H and O–H groups in total. The van der Waals surface area contributed by atoms with Gasteiger partial charge in [0.25, 0.3) is 0 Å². The molecule has 0 spiro atoms. The summed E-state index contributed by atoms with van der Waals surface area (Å²) in [6.07, 6.45) is 0.683. The Hall–Kier alpha value is -2.66. The topological polar surface area (TPSA) is 68.0 Å². The highest BCUT2D eigenvalue weighted by Crippen LogP contribution is 2.21. The van der Waals surface area contributed by atoms with Gasteiger partial charge in [-0.05, 0) is 36.1 Å². The number of aromatic nitrogens is 2. The van der Waals surface area contributed by atoms with Gasteiger partial charge in [0.2, 0.25) is 17.6 Å². The van der Waals surface area contributed by atoms with Crippen LogP contribution in [0.5, 0.6) is 0 Å². The summed E-state index contributed by atoms with van der Waals surface area (Å²) in [5.74, 6) is 1.41. The van der Waals surface area contributed by atoms with Crippen molar-refractivity contribution in [3.63, 3.8) is 0 Å². The Kier molecular flexibility index (Phi) is 6.47. The molecule has 1 amide bonds. The quantitative estimate of drug-likeness (QED) is 0.585. The largest absolute Gasteiger partial charge is 0.350 e. The number of aryl methyl sites for hydroxylation is 1. The monoisotopic (exact) mass is 397 g/mol. The van der Waals surface area contributed by atoms with Crippen LogP contribution in [0, 0.1) is 0 Å². The molecule has 2 aromatic carbocycles. The van der Waals surface area contributed by atoms with Gasteiger partial charge in [0.05, 0.1) is 6.04 Å². The zero-order valence-electron chi connectivity index (χ0n) is 16.3. The second-order valence-corrected chi connectivity index (χ2v) is 7.57. The van der Waals surface area contributed by atoms with Crippen molar-refractivity contribution in [2.45, 2.75) is 45.6 Å². The van der Waals surface area contributed by atoms with Gasteiger partial charge < -0.3 is 9.84 Å². The maximum Gasteiger partial charge on any atom is 0.227 e. The second kappa shape index (κ2) is 9.02. The number of amides is 1. The molecule has 146 valence electrons. The Labute approximate surface area is 170 Å². The van der Waals surface area contributed by atoms with Crippen LogP contribution in [0.4, 0.5) is 0 Å². The van der Waals surface area contributed by atoms with E-state index in [2.05, 4.69) is 41.4 Å². The van der Waals surface area contributed by atoms with Crippen molar-refractivity contribution in [1.82, 2.24) is 15.5 Å². The van der Waals surface area contributed by atoms with Gasteiger partial charge in [-0.3, -0.25) is 4.79 Å². The zero-order chi connectivity index (χ0) is 20.1. The molecular formula is C22H24ClN3O2. The summed E-state index contributed by atoms with van der Waals surface area (Å²) in [5, 5.41) is 7.67. The van der Waals surface area contributed by atoms with Crippen LogP contribution in [0.25, 0.3) is 11.4 Å². The van der Waals surface area contributed by atoms with E-state index in [1.165, 1.54) is 5.56 Å². The number of nitrogens with zero attached hydrogens (tertiary/aromatic N) is 2. The van der Waals surface area contributed by atoms with E-state index < -0.39 is 0 Å². The summed E-state index contributed by atoms with van der Waals surface area (Å²) in [5.41, 5.74) is 3.17. The van der Waals surface area contributed by atoms with Gasteiger partial charge in [-0.1, -0.05) is 67.0 Å². The van der Waals surface area contributed by atoms with Gasteiger partial charge in [-0.25, -0.2) is 0 Å². The maximum absolute atomic E-state index is 12.2. The SMILES string of the molecule is CC(C)c1ccc(-c2noc(CCC(=O)N[C@H](C)c3ccc(Cl)cc3)n2)cc1. The zero-order valence-corrected chi connectivity index (χ0v) is 17.0. The molecule has 0 aliphatic rings. The molecule has 0 saturated heterocycles. The Balaban J connectivity index is 1.53. The predicted molar refractivity (Wildman–Crippen MR) is 110 cm³/mol. The van der Waals surface area contributed by atoms with Crippen molar-refractivity contribution in [3.05, 3.63) is 70.6 Å². The Morgan fingerprint density at radius 3 is 2.32 bits per heavy atom. The standard InChI is InChI=1S/C22H24ClN3O2/c1-14(2)16-4-6-18(7-5-16)22-25-21(28-26-22)13-12-20(27)24-15(3)17-8-10-19(23)11-9-17/h4-11,14-15H,12-13H2,1-3H3,(H,24,27)/t15-/m1/s1. The molecule has 0 aliphatic heterocycles. The lowest BCUT2D eigenvalue weighted by atomic mass is 10.0. The molecule has 1 aromatic heterocycles. The molecule has 28 heavy (non-hydrogen) atoms. The van der Waals surface area contributed by atoms with E-state index in [1.807, 2.05) is 43.3 Å². The fraction of sp³-hybridized carbons (Fsp3) is 0.318. The number of rotatable bonds is 7. The van der Waals surface area contributed by atoms with Crippen LogP contribution in [0.2, 0.25) is 5.02 Å². The minimum atomic E-state index is -0.0949. The summed E-state index contributed by atoms with van der Waals surface area (Å²) >= 11 is 5.90. The minimum Gasteiger partial charge on any atom is -0.350 e. The highest BCUT2D eigenvalue weighted by atomic mass is 35.5. The van der Waals surface area contributed by atoms with E-state index in [1.54, 1.807) is 0 Å². The Bertz CT molecular complexity index is 918. The van der Waals surface area contributed by atoms with Crippen molar-refractivity contribution in [1.29, 1.82) is 0 Å². The Morgan fingerprint density at radius 1 is 1.04 bits per heavy atom. The first-order valence-electron chi connectivity index (χ1n) is 9.40. The average Bonchev–Trinajstić information content (AvgIpc) is 3.16. The molecule has 0 bridgehead atoms. The highest BCUT2D eigenvalue weighted by molar-refractivity contribution is 6.30. The molecule has 1 atom stereocenters. The number of nitrogens with one attached hydrogen (secondary N) is 1. The molecule has 0 fully saturated rings. The first kappa shape index (κ1) is 20.1. The lowest BCUT2D eigenvalue weighted by Crippen LogP contribution is -2.26.